The number of aromatic carboxylic acids is 1. The molecular formula is C20H19F2N3O4. The number of hydrogen-bond acceptors (Lipinski definition) is 4. The summed E-state index contributed by atoms with van der Waals surface area (Å²) in [5.74, 6) is -1.13. The van der Waals surface area contributed by atoms with Gasteiger partial charge in [0.25, 0.3) is 5.56 Å². The van der Waals surface area contributed by atoms with E-state index in [9.17, 15) is 23.5 Å². The minimum absolute atomic E-state index is 0.0576. The third-order valence-corrected chi connectivity index (χ3v) is 5.27. The number of halogens is 2. The summed E-state index contributed by atoms with van der Waals surface area (Å²) >= 11 is 0. The number of aromatic nitrogens is 3. The number of ether oxygens (including phenoxy) is 1. The van der Waals surface area contributed by atoms with Gasteiger partial charge in [-0.05, 0) is 29.2 Å². The number of alkyl halides is 2. The quantitative estimate of drug-likeness (QED) is 0.693. The molecule has 0 amide bonds. The van der Waals surface area contributed by atoms with Crippen LogP contribution in [0.3, 0.4) is 0 Å². The Morgan fingerprint density at radius 3 is 2.72 bits per heavy atom. The van der Waals surface area contributed by atoms with Gasteiger partial charge in [-0.2, -0.15) is 8.78 Å². The number of rotatable bonds is 3. The summed E-state index contributed by atoms with van der Waals surface area (Å²) < 4.78 is 32.1. The summed E-state index contributed by atoms with van der Waals surface area (Å²) in [6.07, 6.45) is 0. The van der Waals surface area contributed by atoms with E-state index in [0.717, 1.165) is 0 Å². The van der Waals surface area contributed by atoms with Gasteiger partial charge in [-0.1, -0.05) is 26.8 Å². The number of carboxylic acid groups (broad SMARTS) is 1. The number of para-hydroxylation sites is 1. The van der Waals surface area contributed by atoms with E-state index in [2.05, 4.69) is 14.7 Å². The second-order valence-corrected chi connectivity index (χ2v) is 8.11. The van der Waals surface area contributed by atoms with E-state index in [1.807, 2.05) is 25.3 Å². The first kappa shape index (κ1) is 19.1. The lowest BCUT2D eigenvalue weighted by Crippen LogP contribution is -2.31. The van der Waals surface area contributed by atoms with Crippen molar-refractivity contribution in [3.8, 4) is 17.3 Å². The monoisotopic (exact) mass is 403 g/mol. The average Bonchev–Trinajstić information content (AvgIpc) is 2.99. The molecule has 0 bridgehead atoms. The van der Waals surface area contributed by atoms with Crippen molar-refractivity contribution in [1.29, 1.82) is 0 Å². The SMILES string of the molecule is CC(C)(C)C1Cn2c(nc3c(OC(F)F)cccc32)-c2[nH]c(=O)c(C(=O)O)cc21. The Hall–Kier alpha value is -3.23. The third-order valence-electron chi connectivity index (χ3n) is 5.27. The first-order chi connectivity index (χ1) is 13.6. The number of benzene rings is 1. The van der Waals surface area contributed by atoms with Crippen LogP contribution in [0.25, 0.3) is 22.6 Å². The fourth-order valence-corrected chi connectivity index (χ4v) is 3.87. The van der Waals surface area contributed by atoms with Crippen molar-refractivity contribution in [3.05, 3.63) is 45.7 Å². The molecule has 152 valence electrons. The number of imidazole rings is 1. The lowest BCUT2D eigenvalue weighted by molar-refractivity contribution is -0.0489. The summed E-state index contributed by atoms with van der Waals surface area (Å²) in [6, 6.07) is 6.16. The zero-order valence-corrected chi connectivity index (χ0v) is 16.0. The second kappa shape index (κ2) is 6.40. The van der Waals surface area contributed by atoms with Crippen LogP contribution in [0.2, 0.25) is 0 Å². The highest BCUT2D eigenvalue weighted by Crippen LogP contribution is 2.45. The number of aromatic amines is 1. The normalized spacial score (nSPS) is 16.0. The molecule has 0 radical (unpaired) electrons. The second-order valence-electron chi connectivity index (χ2n) is 8.11. The molecule has 1 aliphatic rings. The Morgan fingerprint density at radius 2 is 2.10 bits per heavy atom. The Bertz CT molecular complexity index is 1190. The van der Waals surface area contributed by atoms with E-state index < -0.39 is 18.1 Å². The minimum Gasteiger partial charge on any atom is -0.477 e. The molecule has 1 atom stereocenters. The van der Waals surface area contributed by atoms with E-state index in [1.54, 1.807) is 12.1 Å². The van der Waals surface area contributed by atoms with Crippen molar-refractivity contribution >= 4 is 17.0 Å². The van der Waals surface area contributed by atoms with Gasteiger partial charge in [0.15, 0.2) is 11.6 Å². The van der Waals surface area contributed by atoms with Crippen molar-refractivity contribution < 1.29 is 23.4 Å². The highest BCUT2D eigenvalue weighted by molar-refractivity contribution is 5.89. The van der Waals surface area contributed by atoms with Gasteiger partial charge in [-0.15, -0.1) is 0 Å². The number of carbonyl (C=O) groups is 1. The highest BCUT2D eigenvalue weighted by atomic mass is 19.3. The number of hydrogen-bond donors (Lipinski definition) is 2. The predicted octanol–water partition coefficient (Wildman–Crippen LogP) is 3.83. The van der Waals surface area contributed by atoms with E-state index in [1.165, 1.54) is 12.1 Å². The summed E-state index contributed by atoms with van der Waals surface area (Å²) in [5.41, 5.74) is 0.554. The molecule has 2 N–H and O–H groups in total. The molecular weight excluding hydrogens is 384 g/mol. The summed E-state index contributed by atoms with van der Waals surface area (Å²) in [5, 5.41) is 9.36. The maximum atomic E-state index is 12.8. The highest BCUT2D eigenvalue weighted by Gasteiger charge is 2.36. The molecule has 9 heteroatoms. The fourth-order valence-electron chi connectivity index (χ4n) is 3.87. The van der Waals surface area contributed by atoms with E-state index in [-0.39, 0.29) is 28.2 Å². The van der Waals surface area contributed by atoms with Crippen LogP contribution < -0.4 is 10.3 Å². The molecule has 4 rings (SSSR count). The van der Waals surface area contributed by atoms with Crippen LogP contribution in [-0.2, 0) is 6.54 Å². The maximum absolute atomic E-state index is 12.8. The zero-order valence-electron chi connectivity index (χ0n) is 16.0. The molecule has 0 spiro atoms. The van der Waals surface area contributed by atoms with Gasteiger partial charge >= 0.3 is 12.6 Å². The first-order valence-electron chi connectivity index (χ1n) is 9.03. The maximum Gasteiger partial charge on any atom is 0.387 e. The summed E-state index contributed by atoms with van der Waals surface area (Å²) in [6.45, 7) is 3.51. The van der Waals surface area contributed by atoms with Crippen LogP contribution in [0.5, 0.6) is 5.75 Å². The standard InChI is InChI=1S/C20H19F2N3O4/c1-20(2,3)11-8-25-12-5-4-6-13(29-19(21)22)15(12)23-16(25)14-9(11)7-10(18(27)28)17(26)24-14/h4-7,11,19H,8H2,1-3H3,(H,24,26)(H,27,28). The van der Waals surface area contributed by atoms with E-state index in [4.69, 9.17) is 0 Å². The zero-order chi connectivity index (χ0) is 21.1. The molecule has 1 aliphatic heterocycles. The fraction of sp³-hybridized carbons (Fsp3) is 0.350. The summed E-state index contributed by atoms with van der Waals surface area (Å²) in [7, 11) is 0. The molecule has 0 aliphatic carbocycles. The van der Waals surface area contributed by atoms with Crippen LogP contribution in [0, 0.1) is 5.41 Å². The Morgan fingerprint density at radius 1 is 1.38 bits per heavy atom. The number of carboxylic acids is 1. The molecule has 0 fully saturated rings. The lowest BCUT2D eigenvalue weighted by atomic mass is 9.74. The molecule has 0 saturated heterocycles. The number of nitrogens with one attached hydrogen (secondary N) is 1. The minimum atomic E-state index is -2.99. The van der Waals surface area contributed by atoms with Crippen LogP contribution >= 0.6 is 0 Å². The largest absolute Gasteiger partial charge is 0.477 e. The number of nitrogens with zero attached hydrogens (tertiary/aromatic N) is 2. The predicted molar refractivity (Wildman–Crippen MR) is 102 cm³/mol. The van der Waals surface area contributed by atoms with Crippen molar-refractivity contribution in [1.82, 2.24) is 14.5 Å². The van der Waals surface area contributed by atoms with Gasteiger partial charge in [0.1, 0.15) is 11.1 Å². The van der Waals surface area contributed by atoms with Crippen molar-refractivity contribution in [2.75, 3.05) is 0 Å². The number of pyridine rings is 1. The van der Waals surface area contributed by atoms with Crippen LogP contribution in [-0.4, -0.2) is 32.2 Å². The molecule has 3 heterocycles. The first-order valence-corrected chi connectivity index (χ1v) is 9.03. The van der Waals surface area contributed by atoms with Gasteiger partial charge in [0, 0.05) is 12.5 Å². The molecule has 29 heavy (non-hydrogen) atoms. The molecule has 0 saturated carbocycles. The van der Waals surface area contributed by atoms with Gasteiger partial charge in [-0.25, -0.2) is 9.78 Å². The Balaban J connectivity index is 2.03. The van der Waals surface area contributed by atoms with Gasteiger partial charge in [0.05, 0.1) is 11.2 Å². The van der Waals surface area contributed by atoms with Crippen molar-refractivity contribution in [2.45, 2.75) is 39.8 Å². The number of fused-ring (bicyclic) bond motifs is 5. The smallest absolute Gasteiger partial charge is 0.387 e. The van der Waals surface area contributed by atoms with Gasteiger partial charge < -0.3 is 19.4 Å². The molecule has 7 nitrogen and oxygen atoms in total. The van der Waals surface area contributed by atoms with E-state index >= 15 is 0 Å². The lowest BCUT2D eigenvalue weighted by Gasteiger charge is -2.36. The van der Waals surface area contributed by atoms with Crippen molar-refractivity contribution in [2.24, 2.45) is 5.41 Å². The third kappa shape index (κ3) is 3.06. The average molecular weight is 403 g/mol. The van der Waals surface area contributed by atoms with Gasteiger partial charge in [0.2, 0.25) is 0 Å². The molecule has 1 aromatic carbocycles. The molecule has 2 aromatic heterocycles. The molecule has 3 aromatic rings. The van der Waals surface area contributed by atoms with Crippen molar-refractivity contribution in [3.63, 3.8) is 0 Å². The topological polar surface area (TPSA) is 97.2 Å². The Labute approximate surface area is 164 Å². The number of H-pyrrole nitrogens is 1. The summed E-state index contributed by atoms with van der Waals surface area (Å²) in [4.78, 5) is 30.9. The van der Waals surface area contributed by atoms with E-state index in [0.29, 0.717) is 29.1 Å². The van der Waals surface area contributed by atoms with Crippen LogP contribution in [0.4, 0.5) is 8.78 Å². The van der Waals surface area contributed by atoms with Crippen LogP contribution in [0.1, 0.15) is 42.6 Å². The van der Waals surface area contributed by atoms with Gasteiger partial charge in [-0.3, -0.25) is 4.79 Å². The van der Waals surface area contributed by atoms with Crippen LogP contribution in [0.15, 0.2) is 29.1 Å². The Kier molecular flexibility index (Phi) is 4.21. The molecule has 1 unspecified atom stereocenters.